The van der Waals surface area contributed by atoms with Crippen LogP contribution in [-0.4, -0.2) is 17.8 Å². The number of esters is 1. The predicted octanol–water partition coefficient (Wildman–Crippen LogP) is 3.01. The van der Waals surface area contributed by atoms with Gasteiger partial charge in [-0.1, -0.05) is 6.92 Å². The van der Waals surface area contributed by atoms with Gasteiger partial charge in [0.15, 0.2) is 0 Å². The second-order valence-corrected chi connectivity index (χ2v) is 5.47. The lowest BCUT2D eigenvalue weighted by Crippen LogP contribution is -2.10. The van der Waals surface area contributed by atoms with Crippen molar-refractivity contribution in [2.24, 2.45) is 0 Å². The molecule has 0 heterocycles. The number of hydrogen-bond donors (Lipinski definition) is 1. The highest BCUT2D eigenvalue weighted by molar-refractivity contribution is 8.00. The summed E-state index contributed by atoms with van der Waals surface area (Å²) >= 11 is 1.66. The standard InChI is InChI=1S/C13H19NO2S/c1-4-16-13(15)8-10(3)17-11-5-6-12(14)9(2)7-11/h5-7,10H,4,8,14H2,1-3H3. The van der Waals surface area contributed by atoms with Gasteiger partial charge in [-0.3, -0.25) is 4.79 Å². The van der Waals surface area contributed by atoms with Crippen molar-refractivity contribution in [1.82, 2.24) is 0 Å². The highest BCUT2D eigenvalue weighted by atomic mass is 32.2. The SMILES string of the molecule is CCOC(=O)CC(C)Sc1ccc(N)c(C)c1. The summed E-state index contributed by atoms with van der Waals surface area (Å²) in [4.78, 5) is 12.4. The molecule has 0 bridgehead atoms. The minimum atomic E-state index is -0.139. The van der Waals surface area contributed by atoms with Gasteiger partial charge in [-0.15, -0.1) is 11.8 Å². The molecule has 2 N–H and O–H groups in total. The molecule has 3 nitrogen and oxygen atoms in total. The monoisotopic (exact) mass is 253 g/mol. The van der Waals surface area contributed by atoms with Crippen molar-refractivity contribution in [3.8, 4) is 0 Å². The summed E-state index contributed by atoms with van der Waals surface area (Å²) in [5, 5.41) is 0.206. The molecule has 0 saturated heterocycles. The number of hydrogen-bond acceptors (Lipinski definition) is 4. The second-order valence-electron chi connectivity index (χ2n) is 3.96. The van der Waals surface area contributed by atoms with E-state index < -0.39 is 0 Å². The van der Waals surface area contributed by atoms with Crippen LogP contribution in [0, 0.1) is 6.92 Å². The molecule has 0 saturated carbocycles. The lowest BCUT2D eigenvalue weighted by atomic mass is 10.2. The fourth-order valence-corrected chi connectivity index (χ4v) is 2.53. The van der Waals surface area contributed by atoms with Crippen LogP contribution in [0.2, 0.25) is 0 Å². The Balaban J connectivity index is 2.53. The molecule has 1 aromatic rings. The molecule has 0 aromatic heterocycles. The van der Waals surface area contributed by atoms with E-state index in [1.54, 1.807) is 11.8 Å². The average Bonchev–Trinajstić information content (AvgIpc) is 2.23. The number of carbonyl (C=O) groups excluding carboxylic acids is 1. The van der Waals surface area contributed by atoms with Gasteiger partial charge in [0.2, 0.25) is 0 Å². The van der Waals surface area contributed by atoms with Crippen LogP contribution in [0.5, 0.6) is 0 Å². The van der Waals surface area contributed by atoms with Gasteiger partial charge in [-0.05, 0) is 37.6 Å². The van der Waals surface area contributed by atoms with Crippen molar-refractivity contribution in [3.63, 3.8) is 0 Å². The Bertz CT molecular complexity index is 393. The van der Waals surface area contributed by atoms with Crippen LogP contribution in [0.15, 0.2) is 23.1 Å². The molecule has 4 heteroatoms. The second kappa shape index (κ2) is 6.55. The van der Waals surface area contributed by atoms with Crippen LogP contribution in [0.4, 0.5) is 5.69 Å². The first kappa shape index (κ1) is 13.9. The zero-order chi connectivity index (χ0) is 12.8. The molecule has 0 aliphatic carbocycles. The summed E-state index contributed by atoms with van der Waals surface area (Å²) in [7, 11) is 0. The highest BCUT2D eigenvalue weighted by Crippen LogP contribution is 2.27. The van der Waals surface area contributed by atoms with Crippen molar-refractivity contribution in [1.29, 1.82) is 0 Å². The number of aryl methyl sites for hydroxylation is 1. The predicted molar refractivity (Wildman–Crippen MR) is 72.2 cm³/mol. The molecule has 1 unspecified atom stereocenters. The van der Waals surface area contributed by atoms with E-state index in [1.807, 2.05) is 39.0 Å². The van der Waals surface area contributed by atoms with E-state index in [0.29, 0.717) is 13.0 Å². The Morgan fingerprint density at radius 3 is 2.82 bits per heavy atom. The van der Waals surface area contributed by atoms with Gasteiger partial charge >= 0.3 is 5.97 Å². The van der Waals surface area contributed by atoms with Crippen LogP contribution in [-0.2, 0) is 9.53 Å². The summed E-state index contributed by atoms with van der Waals surface area (Å²) < 4.78 is 4.92. The number of carbonyl (C=O) groups is 1. The van der Waals surface area contributed by atoms with E-state index in [4.69, 9.17) is 10.5 Å². The maximum absolute atomic E-state index is 11.3. The van der Waals surface area contributed by atoms with Crippen molar-refractivity contribution in [3.05, 3.63) is 23.8 Å². The molecule has 1 aromatic carbocycles. The Hall–Kier alpha value is -1.16. The Morgan fingerprint density at radius 2 is 2.24 bits per heavy atom. The normalized spacial score (nSPS) is 12.2. The highest BCUT2D eigenvalue weighted by Gasteiger charge is 2.11. The van der Waals surface area contributed by atoms with E-state index in [2.05, 4.69) is 0 Å². The van der Waals surface area contributed by atoms with E-state index in [9.17, 15) is 4.79 Å². The third kappa shape index (κ3) is 4.69. The summed E-state index contributed by atoms with van der Waals surface area (Å²) in [6.45, 7) is 6.26. The Morgan fingerprint density at radius 1 is 1.53 bits per heavy atom. The van der Waals surface area contributed by atoms with Crippen molar-refractivity contribution < 1.29 is 9.53 Å². The topological polar surface area (TPSA) is 52.3 Å². The first-order chi connectivity index (χ1) is 8.02. The Labute approximate surface area is 107 Å². The van der Waals surface area contributed by atoms with Crippen LogP contribution in [0.3, 0.4) is 0 Å². The first-order valence-corrected chi connectivity index (χ1v) is 6.59. The molecule has 0 aliphatic heterocycles. The number of nitrogens with two attached hydrogens (primary N) is 1. The largest absolute Gasteiger partial charge is 0.466 e. The zero-order valence-electron chi connectivity index (χ0n) is 10.5. The van der Waals surface area contributed by atoms with Gasteiger partial charge < -0.3 is 10.5 Å². The van der Waals surface area contributed by atoms with Crippen LogP contribution in [0.25, 0.3) is 0 Å². The fraction of sp³-hybridized carbons (Fsp3) is 0.462. The van der Waals surface area contributed by atoms with E-state index in [-0.39, 0.29) is 11.2 Å². The van der Waals surface area contributed by atoms with Crippen molar-refractivity contribution in [2.75, 3.05) is 12.3 Å². The van der Waals surface area contributed by atoms with Gasteiger partial charge in [0.1, 0.15) is 0 Å². The third-order valence-electron chi connectivity index (χ3n) is 2.34. The van der Waals surface area contributed by atoms with E-state index in [1.165, 1.54) is 0 Å². The molecule has 94 valence electrons. The molecule has 1 rings (SSSR count). The molecule has 0 fully saturated rings. The number of anilines is 1. The number of ether oxygens (including phenoxy) is 1. The van der Waals surface area contributed by atoms with Gasteiger partial charge in [0.25, 0.3) is 0 Å². The average molecular weight is 253 g/mol. The van der Waals surface area contributed by atoms with E-state index >= 15 is 0 Å². The van der Waals surface area contributed by atoms with Crippen LogP contribution in [0.1, 0.15) is 25.8 Å². The molecule has 0 amide bonds. The summed E-state index contributed by atoms with van der Waals surface area (Å²) in [6.07, 6.45) is 0.432. The number of rotatable bonds is 5. The minimum Gasteiger partial charge on any atom is -0.466 e. The van der Waals surface area contributed by atoms with Crippen LogP contribution >= 0.6 is 11.8 Å². The summed E-state index contributed by atoms with van der Waals surface area (Å²) in [6, 6.07) is 5.92. The van der Waals surface area contributed by atoms with Gasteiger partial charge in [-0.25, -0.2) is 0 Å². The Kier molecular flexibility index (Phi) is 5.35. The quantitative estimate of drug-likeness (QED) is 0.498. The minimum absolute atomic E-state index is 0.139. The molecule has 0 spiro atoms. The van der Waals surface area contributed by atoms with Gasteiger partial charge in [0.05, 0.1) is 13.0 Å². The maximum Gasteiger partial charge on any atom is 0.306 e. The number of benzene rings is 1. The van der Waals surface area contributed by atoms with E-state index in [0.717, 1.165) is 16.1 Å². The third-order valence-corrected chi connectivity index (χ3v) is 3.43. The van der Waals surface area contributed by atoms with Gasteiger partial charge in [-0.2, -0.15) is 0 Å². The lowest BCUT2D eigenvalue weighted by Gasteiger charge is -2.11. The zero-order valence-corrected chi connectivity index (χ0v) is 11.3. The smallest absolute Gasteiger partial charge is 0.306 e. The molecule has 0 aliphatic rings. The molecule has 1 atom stereocenters. The summed E-state index contributed by atoms with van der Waals surface area (Å²) in [5.41, 5.74) is 7.62. The summed E-state index contributed by atoms with van der Waals surface area (Å²) in [5.74, 6) is -0.139. The maximum atomic E-state index is 11.3. The number of nitrogen functional groups attached to an aromatic ring is 1. The molecule has 17 heavy (non-hydrogen) atoms. The van der Waals surface area contributed by atoms with Crippen molar-refractivity contribution >= 4 is 23.4 Å². The number of thioether (sulfide) groups is 1. The molecular formula is C13H19NO2S. The lowest BCUT2D eigenvalue weighted by molar-refractivity contribution is -0.142. The fourth-order valence-electron chi connectivity index (χ4n) is 1.45. The van der Waals surface area contributed by atoms with Crippen molar-refractivity contribution in [2.45, 2.75) is 37.3 Å². The molecular weight excluding hydrogens is 234 g/mol. The van der Waals surface area contributed by atoms with Crippen LogP contribution < -0.4 is 5.73 Å². The molecule has 0 radical (unpaired) electrons. The van der Waals surface area contributed by atoms with Gasteiger partial charge in [0, 0.05) is 15.8 Å². The first-order valence-electron chi connectivity index (χ1n) is 5.71.